The number of carbonyl (C=O) groups is 3. The SMILES string of the molecule is CCOC(=O)N1CCC(NC(=O)CCCNC(=O)CCc2ccc(Cl)cc2Cl)CC1. The zero-order valence-corrected chi connectivity index (χ0v) is 18.7. The van der Waals surface area contributed by atoms with Crippen LogP contribution in [0, 0.1) is 0 Å². The Kier molecular flexibility index (Phi) is 10.2. The topological polar surface area (TPSA) is 87.7 Å². The highest BCUT2D eigenvalue weighted by Crippen LogP contribution is 2.22. The van der Waals surface area contributed by atoms with E-state index in [1.807, 2.05) is 6.07 Å². The normalized spacial score (nSPS) is 14.3. The van der Waals surface area contributed by atoms with Gasteiger partial charge in [0, 0.05) is 48.6 Å². The highest BCUT2D eigenvalue weighted by atomic mass is 35.5. The van der Waals surface area contributed by atoms with Gasteiger partial charge in [-0.3, -0.25) is 9.59 Å². The summed E-state index contributed by atoms with van der Waals surface area (Å²) in [5.41, 5.74) is 0.879. The summed E-state index contributed by atoms with van der Waals surface area (Å²) in [4.78, 5) is 37.4. The van der Waals surface area contributed by atoms with Crippen molar-refractivity contribution in [3.05, 3.63) is 33.8 Å². The molecule has 2 N–H and O–H groups in total. The maximum atomic E-state index is 12.1. The van der Waals surface area contributed by atoms with Crippen LogP contribution in [0.1, 0.15) is 44.6 Å². The van der Waals surface area contributed by atoms with Gasteiger partial charge in [0.1, 0.15) is 0 Å². The molecule has 0 radical (unpaired) electrons. The molecule has 2 rings (SSSR count). The summed E-state index contributed by atoms with van der Waals surface area (Å²) in [7, 11) is 0. The van der Waals surface area contributed by atoms with Gasteiger partial charge in [-0.1, -0.05) is 29.3 Å². The fourth-order valence-electron chi connectivity index (χ4n) is 3.26. The number of aryl methyl sites for hydroxylation is 1. The number of hydrogen-bond acceptors (Lipinski definition) is 4. The van der Waals surface area contributed by atoms with Gasteiger partial charge in [-0.2, -0.15) is 0 Å². The Labute approximate surface area is 187 Å². The first kappa shape index (κ1) is 24.3. The maximum absolute atomic E-state index is 12.1. The second-order valence-electron chi connectivity index (χ2n) is 7.22. The molecular formula is C21H29Cl2N3O4. The molecule has 1 heterocycles. The number of ether oxygens (including phenoxy) is 1. The number of likely N-dealkylation sites (tertiary alicyclic amines) is 1. The van der Waals surface area contributed by atoms with Crippen molar-refractivity contribution in [3.8, 4) is 0 Å². The van der Waals surface area contributed by atoms with Crippen molar-refractivity contribution in [3.63, 3.8) is 0 Å². The van der Waals surface area contributed by atoms with Gasteiger partial charge in [-0.15, -0.1) is 0 Å². The monoisotopic (exact) mass is 457 g/mol. The molecule has 0 atom stereocenters. The van der Waals surface area contributed by atoms with E-state index in [1.165, 1.54) is 0 Å². The molecule has 30 heavy (non-hydrogen) atoms. The first-order chi connectivity index (χ1) is 14.4. The molecule has 1 saturated heterocycles. The first-order valence-electron chi connectivity index (χ1n) is 10.3. The van der Waals surface area contributed by atoms with Crippen LogP contribution < -0.4 is 10.6 Å². The van der Waals surface area contributed by atoms with E-state index < -0.39 is 0 Å². The lowest BCUT2D eigenvalue weighted by atomic mass is 10.1. The lowest BCUT2D eigenvalue weighted by Crippen LogP contribution is -2.46. The molecule has 0 saturated carbocycles. The largest absolute Gasteiger partial charge is 0.450 e. The summed E-state index contributed by atoms with van der Waals surface area (Å²) in [5, 5.41) is 6.95. The lowest BCUT2D eigenvalue weighted by molar-refractivity contribution is -0.123. The quantitative estimate of drug-likeness (QED) is 0.554. The average Bonchev–Trinajstić information content (AvgIpc) is 2.71. The molecule has 1 aliphatic rings. The Morgan fingerprint density at radius 3 is 2.53 bits per heavy atom. The van der Waals surface area contributed by atoms with Crippen LogP contribution >= 0.6 is 23.2 Å². The summed E-state index contributed by atoms with van der Waals surface area (Å²) >= 11 is 12.0. The zero-order valence-electron chi connectivity index (χ0n) is 17.2. The van der Waals surface area contributed by atoms with Gasteiger partial charge in [0.25, 0.3) is 0 Å². The number of carbonyl (C=O) groups excluding carboxylic acids is 3. The van der Waals surface area contributed by atoms with Gasteiger partial charge < -0.3 is 20.3 Å². The van der Waals surface area contributed by atoms with E-state index in [0.29, 0.717) is 74.8 Å². The summed E-state index contributed by atoms with van der Waals surface area (Å²) < 4.78 is 4.99. The van der Waals surface area contributed by atoms with Gasteiger partial charge in [0.15, 0.2) is 0 Å². The number of nitrogens with one attached hydrogen (secondary N) is 2. The van der Waals surface area contributed by atoms with Crippen molar-refractivity contribution in [1.29, 1.82) is 0 Å². The van der Waals surface area contributed by atoms with Crippen LogP contribution in [0.3, 0.4) is 0 Å². The number of hydrogen-bond donors (Lipinski definition) is 2. The molecule has 1 fully saturated rings. The van der Waals surface area contributed by atoms with Crippen molar-refractivity contribution in [2.75, 3.05) is 26.2 Å². The van der Waals surface area contributed by atoms with E-state index in [0.717, 1.165) is 5.56 Å². The molecule has 0 unspecified atom stereocenters. The second-order valence-corrected chi connectivity index (χ2v) is 8.06. The lowest BCUT2D eigenvalue weighted by Gasteiger charge is -2.31. The molecular weight excluding hydrogens is 429 g/mol. The third-order valence-corrected chi connectivity index (χ3v) is 5.51. The van der Waals surface area contributed by atoms with Crippen molar-refractivity contribution in [2.24, 2.45) is 0 Å². The van der Waals surface area contributed by atoms with E-state index in [-0.39, 0.29) is 23.9 Å². The Morgan fingerprint density at radius 1 is 1.13 bits per heavy atom. The van der Waals surface area contributed by atoms with Crippen molar-refractivity contribution < 1.29 is 19.1 Å². The standard InChI is InChI=1S/C21H29Cl2N3O4/c1-2-30-21(29)26-12-9-17(10-13-26)25-20(28)4-3-11-24-19(27)8-6-15-5-7-16(22)14-18(15)23/h5,7,14,17H,2-4,6,8-13H2,1H3,(H,24,27)(H,25,28). The Balaban J connectivity index is 1.55. The molecule has 166 valence electrons. The highest BCUT2D eigenvalue weighted by molar-refractivity contribution is 6.35. The predicted molar refractivity (Wildman–Crippen MR) is 117 cm³/mol. The Hall–Kier alpha value is -1.99. The van der Waals surface area contributed by atoms with Crippen molar-refractivity contribution in [1.82, 2.24) is 15.5 Å². The van der Waals surface area contributed by atoms with E-state index in [1.54, 1.807) is 24.0 Å². The summed E-state index contributed by atoms with van der Waals surface area (Å²) in [6, 6.07) is 5.30. The summed E-state index contributed by atoms with van der Waals surface area (Å²) in [6.07, 6.45) is 2.92. The minimum Gasteiger partial charge on any atom is -0.450 e. The molecule has 0 aromatic heterocycles. The van der Waals surface area contributed by atoms with Gasteiger partial charge in [0.2, 0.25) is 11.8 Å². The molecule has 1 aliphatic heterocycles. The molecule has 1 aromatic carbocycles. The van der Waals surface area contributed by atoms with E-state index in [9.17, 15) is 14.4 Å². The molecule has 9 heteroatoms. The van der Waals surface area contributed by atoms with E-state index in [2.05, 4.69) is 10.6 Å². The Bertz CT molecular complexity index is 737. The second kappa shape index (κ2) is 12.6. The third kappa shape index (κ3) is 8.40. The number of piperidine rings is 1. The van der Waals surface area contributed by atoms with Crippen LogP contribution in [0.15, 0.2) is 18.2 Å². The van der Waals surface area contributed by atoms with Crippen molar-refractivity contribution in [2.45, 2.75) is 51.5 Å². The van der Waals surface area contributed by atoms with Gasteiger partial charge in [-0.25, -0.2) is 4.79 Å². The van der Waals surface area contributed by atoms with Crippen LogP contribution in [0.4, 0.5) is 4.79 Å². The Morgan fingerprint density at radius 2 is 1.87 bits per heavy atom. The third-order valence-electron chi connectivity index (χ3n) is 4.93. The molecule has 0 aliphatic carbocycles. The van der Waals surface area contributed by atoms with E-state index in [4.69, 9.17) is 27.9 Å². The fraction of sp³-hybridized carbons (Fsp3) is 0.571. The molecule has 0 spiro atoms. The van der Waals surface area contributed by atoms with Gasteiger partial charge in [-0.05, 0) is 50.3 Å². The first-order valence-corrected chi connectivity index (χ1v) is 11.1. The number of halogens is 2. The smallest absolute Gasteiger partial charge is 0.409 e. The minimum absolute atomic E-state index is 0.0354. The molecule has 1 aromatic rings. The van der Waals surface area contributed by atoms with Crippen LogP contribution in [-0.2, 0) is 20.7 Å². The summed E-state index contributed by atoms with van der Waals surface area (Å²) in [6.45, 7) is 3.75. The van der Waals surface area contributed by atoms with Crippen LogP contribution in [0.5, 0.6) is 0 Å². The molecule has 3 amide bonds. The maximum Gasteiger partial charge on any atom is 0.409 e. The number of nitrogens with zero attached hydrogens (tertiary/aromatic N) is 1. The number of amides is 3. The summed E-state index contributed by atoms with van der Waals surface area (Å²) in [5.74, 6) is -0.112. The number of rotatable bonds is 9. The minimum atomic E-state index is -0.295. The van der Waals surface area contributed by atoms with Crippen LogP contribution in [0.25, 0.3) is 0 Å². The predicted octanol–water partition coefficient (Wildman–Crippen LogP) is 3.56. The zero-order chi connectivity index (χ0) is 21.9. The fourth-order valence-corrected chi connectivity index (χ4v) is 3.76. The molecule has 7 nitrogen and oxygen atoms in total. The van der Waals surface area contributed by atoms with E-state index >= 15 is 0 Å². The number of benzene rings is 1. The van der Waals surface area contributed by atoms with Gasteiger partial charge >= 0.3 is 6.09 Å². The highest BCUT2D eigenvalue weighted by Gasteiger charge is 2.24. The van der Waals surface area contributed by atoms with Crippen molar-refractivity contribution >= 4 is 41.1 Å². The van der Waals surface area contributed by atoms with Crippen LogP contribution in [-0.4, -0.2) is 55.1 Å². The van der Waals surface area contributed by atoms with Gasteiger partial charge in [0.05, 0.1) is 6.61 Å². The molecule has 0 bridgehead atoms. The van der Waals surface area contributed by atoms with Crippen LogP contribution in [0.2, 0.25) is 10.0 Å². The average molecular weight is 458 g/mol.